The van der Waals surface area contributed by atoms with E-state index in [4.69, 9.17) is 12.2 Å². The van der Waals surface area contributed by atoms with E-state index in [-0.39, 0.29) is 11.5 Å². The summed E-state index contributed by atoms with van der Waals surface area (Å²) in [5.74, 6) is -0.238. The number of carbonyl (C=O) groups is 1. The van der Waals surface area contributed by atoms with Crippen molar-refractivity contribution >= 4 is 34.7 Å². The number of allylic oxidation sites excluding steroid dienone is 1. The number of hydrogen-bond donors (Lipinski definition) is 2. The fourth-order valence-electron chi connectivity index (χ4n) is 3.91. The number of aromatic nitrogens is 2. The van der Waals surface area contributed by atoms with Crippen molar-refractivity contribution in [1.82, 2.24) is 19.4 Å². The molecule has 0 spiro atoms. The second-order valence-corrected chi connectivity index (χ2v) is 8.52. The number of rotatable bonds is 6. The number of nitrogens with zero attached hydrogens (tertiary/aromatic N) is 3. The van der Waals surface area contributed by atoms with Gasteiger partial charge in [-0.15, -0.1) is 6.58 Å². The molecule has 0 aliphatic carbocycles. The summed E-state index contributed by atoms with van der Waals surface area (Å²) >= 11 is 5.29. The minimum atomic E-state index is -0.238. The molecule has 2 N–H and O–H groups in total. The number of fused-ring (bicyclic) bond motifs is 1. The maximum Gasteiger partial charge on any atom is 0.262 e. The molecule has 2 aromatic carbocycles. The number of piperazine rings is 1. The minimum absolute atomic E-state index is 0.202. The largest absolute Gasteiger partial charge is 0.332 e. The molecule has 0 atom stereocenters. The first-order valence-corrected chi connectivity index (χ1v) is 11.0. The van der Waals surface area contributed by atoms with E-state index in [1.54, 1.807) is 24.3 Å². The van der Waals surface area contributed by atoms with Crippen LogP contribution in [0.25, 0.3) is 10.9 Å². The highest BCUT2D eigenvalue weighted by molar-refractivity contribution is 7.71. The van der Waals surface area contributed by atoms with Crippen molar-refractivity contribution in [2.45, 2.75) is 13.1 Å². The van der Waals surface area contributed by atoms with Crippen molar-refractivity contribution in [2.24, 2.45) is 0 Å². The highest BCUT2D eigenvalue weighted by Crippen LogP contribution is 2.17. The van der Waals surface area contributed by atoms with Crippen LogP contribution in [-0.4, -0.2) is 58.5 Å². The van der Waals surface area contributed by atoms with Gasteiger partial charge in [0.05, 0.1) is 10.9 Å². The third kappa shape index (κ3) is 4.88. The summed E-state index contributed by atoms with van der Waals surface area (Å²) in [5, 5.41) is 3.44. The summed E-state index contributed by atoms with van der Waals surface area (Å²) in [6.07, 6.45) is 1.62. The Bertz CT molecular complexity index is 1270. The van der Waals surface area contributed by atoms with Crippen LogP contribution in [0.5, 0.6) is 0 Å². The van der Waals surface area contributed by atoms with Crippen molar-refractivity contribution in [2.75, 3.05) is 38.5 Å². The molecule has 0 saturated carbocycles. The topological polar surface area (TPSA) is 73.4 Å². The van der Waals surface area contributed by atoms with Gasteiger partial charge in [-0.25, -0.2) is 0 Å². The second kappa shape index (κ2) is 9.60. The molecule has 3 aromatic rings. The predicted molar refractivity (Wildman–Crippen MR) is 131 cm³/mol. The molecule has 7 nitrogen and oxygen atoms in total. The Morgan fingerprint density at radius 3 is 2.72 bits per heavy atom. The number of hydrogen-bond acceptors (Lipinski definition) is 5. The van der Waals surface area contributed by atoms with E-state index < -0.39 is 0 Å². The van der Waals surface area contributed by atoms with Crippen LogP contribution in [-0.2, 0) is 13.1 Å². The lowest BCUT2D eigenvalue weighted by Gasteiger charge is -2.32. The molecule has 2 heterocycles. The maximum atomic E-state index is 12.9. The second-order valence-electron chi connectivity index (χ2n) is 8.13. The Morgan fingerprint density at radius 1 is 1.19 bits per heavy atom. The zero-order valence-corrected chi connectivity index (χ0v) is 19.0. The molecule has 1 aliphatic heterocycles. The van der Waals surface area contributed by atoms with Gasteiger partial charge >= 0.3 is 0 Å². The van der Waals surface area contributed by atoms with E-state index >= 15 is 0 Å². The molecule has 8 heteroatoms. The highest BCUT2D eigenvalue weighted by Gasteiger charge is 2.15. The summed E-state index contributed by atoms with van der Waals surface area (Å²) in [6, 6.07) is 12.9. The lowest BCUT2D eigenvalue weighted by molar-refractivity contribution is 0.102. The zero-order valence-electron chi connectivity index (χ0n) is 18.1. The Kier molecular flexibility index (Phi) is 6.64. The number of nitrogens with one attached hydrogen (secondary N) is 2. The number of aromatic amines is 1. The summed E-state index contributed by atoms with van der Waals surface area (Å²) in [4.78, 5) is 33.3. The van der Waals surface area contributed by atoms with Crippen molar-refractivity contribution in [3.63, 3.8) is 0 Å². The SMILES string of the molecule is C=CCn1c(=S)[nH]c2cc(C(=O)Nc3cccc(CN4CCN(C)CC4)c3)ccc2c1=O. The first-order valence-electron chi connectivity index (χ1n) is 10.6. The first-order chi connectivity index (χ1) is 15.4. The van der Waals surface area contributed by atoms with E-state index in [0.717, 1.165) is 44.0 Å². The first kappa shape index (κ1) is 22.1. The van der Waals surface area contributed by atoms with E-state index in [1.165, 1.54) is 4.57 Å². The molecule has 1 amide bonds. The van der Waals surface area contributed by atoms with Gasteiger partial charge in [0.1, 0.15) is 0 Å². The van der Waals surface area contributed by atoms with Crippen LogP contribution in [0.2, 0.25) is 0 Å². The van der Waals surface area contributed by atoms with Crippen LogP contribution in [0.4, 0.5) is 5.69 Å². The van der Waals surface area contributed by atoms with Crippen LogP contribution in [0.15, 0.2) is 59.9 Å². The third-order valence-electron chi connectivity index (χ3n) is 5.74. The Labute approximate surface area is 192 Å². The average molecular weight is 450 g/mol. The molecule has 1 fully saturated rings. The maximum absolute atomic E-state index is 12.9. The molecular formula is C24H27N5O2S. The summed E-state index contributed by atoms with van der Waals surface area (Å²) in [7, 11) is 2.14. The molecule has 1 aliphatic rings. The van der Waals surface area contributed by atoms with Gasteiger partial charge in [-0.3, -0.25) is 19.1 Å². The number of anilines is 1. The van der Waals surface area contributed by atoms with Crippen LogP contribution in [0.3, 0.4) is 0 Å². The molecule has 0 unspecified atom stereocenters. The zero-order chi connectivity index (χ0) is 22.7. The van der Waals surface area contributed by atoms with E-state index in [9.17, 15) is 9.59 Å². The molecule has 4 rings (SSSR count). The van der Waals surface area contributed by atoms with Crippen LogP contribution < -0.4 is 10.9 Å². The van der Waals surface area contributed by atoms with Crippen LogP contribution in [0, 0.1) is 4.77 Å². The normalized spacial score (nSPS) is 15.0. The van der Waals surface area contributed by atoms with Crippen molar-refractivity contribution in [3.05, 3.63) is 81.4 Å². The van der Waals surface area contributed by atoms with Gasteiger partial charge in [0.15, 0.2) is 4.77 Å². The van der Waals surface area contributed by atoms with Crippen LogP contribution >= 0.6 is 12.2 Å². The van der Waals surface area contributed by atoms with Gasteiger partial charge in [-0.1, -0.05) is 18.2 Å². The Balaban J connectivity index is 1.51. The van der Waals surface area contributed by atoms with Crippen molar-refractivity contribution in [3.8, 4) is 0 Å². The lowest BCUT2D eigenvalue weighted by Crippen LogP contribution is -2.43. The molecule has 166 valence electrons. The highest BCUT2D eigenvalue weighted by atomic mass is 32.1. The third-order valence-corrected chi connectivity index (χ3v) is 6.07. The van der Waals surface area contributed by atoms with Crippen molar-refractivity contribution < 1.29 is 4.79 Å². The fraction of sp³-hybridized carbons (Fsp3) is 0.292. The number of benzene rings is 2. The Morgan fingerprint density at radius 2 is 1.97 bits per heavy atom. The van der Waals surface area contributed by atoms with Gasteiger partial charge in [-0.05, 0) is 55.2 Å². The summed E-state index contributed by atoms with van der Waals surface area (Å²) < 4.78 is 1.74. The van der Waals surface area contributed by atoms with E-state index in [0.29, 0.717) is 27.8 Å². The van der Waals surface area contributed by atoms with Crippen LogP contribution in [0.1, 0.15) is 15.9 Å². The smallest absolute Gasteiger partial charge is 0.262 e. The molecule has 1 saturated heterocycles. The summed E-state index contributed by atoms with van der Waals surface area (Å²) in [6.45, 7) is 9.07. The van der Waals surface area contributed by atoms with E-state index in [1.807, 2.05) is 18.2 Å². The molecule has 32 heavy (non-hydrogen) atoms. The quantitative estimate of drug-likeness (QED) is 0.447. The Hall–Kier alpha value is -3.07. The molecule has 0 bridgehead atoms. The monoisotopic (exact) mass is 449 g/mol. The number of H-pyrrole nitrogens is 1. The standard InChI is InChI=1S/C24H27N5O2S/c1-3-9-29-23(31)20-8-7-18(15-21(20)26-24(29)32)22(30)25-19-6-4-5-17(14-19)16-28-12-10-27(2)11-13-28/h3-8,14-15H,1,9-13,16H2,2H3,(H,25,30)(H,26,32). The fourth-order valence-corrected chi connectivity index (χ4v) is 4.17. The molecule has 0 radical (unpaired) electrons. The average Bonchev–Trinajstić information content (AvgIpc) is 2.78. The molecular weight excluding hydrogens is 422 g/mol. The molecule has 1 aromatic heterocycles. The van der Waals surface area contributed by atoms with Gasteiger partial charge < -0.3 is 15.2 Å². The van der Waals surface area contributed by atoms with Gasteiger partial charge in [0.25, 0.3) is 11.5 Å². The van der Waals surface area contributed by atoms with Gasteiger partial charge in [-0.2, -0.15) is 0 Å². The number of carbonyl (C=O) groups excluding carboxylic acids is 1. The number of amides is 1. The minimum Gasteiger partial charge on any atom is -0.332 e. The summed E-state index contributed by atoms with van der Waals surface area (Å²) in [5.41, 5.74) is 2.70. The number of likely N-dealkylation sites (N-methyl/N-ethyl adjacent to an activating group) is 1. The predicted octanol–water partition coefficient (Wildman–Crippen LogP) is 3.24. The van der Waals surface area contributed by atoms with Gasteiger partial charge in [0, 0.05) is 50.5 Å². The van der Waals surface area contributed by atoms with E-state index in [2.05, 4.69) is 39.8 Å². The van der Waals surface area contributed by atoms with Crippen molar-refractivity contribution in [1.29, 1.82) is 0 Å². The lowest BCUT2D eigenvalue weighted by atomic mass is 10.1. The van der Waals surface area contributed by atoms with Gasteiger partial charge in [0.2, 0.25) is 0 Å².